The Morgan fingerprint density at radius 1 is 0.893 bits per heavy atom. The number of carboxylic acid groups (broad SMARTS) is 1. The number of hydrogen-bond acceptors (Lipinski definition) is 3. The lowest BCUT2D eigenvalue weighted by molar-refractivity contribution is -0.149. The molecule has 164 valence electrons. The third-order valence-corrected chi connectivity index (χ3v) is 4.09. The third-order valence-electron chi connectivity index (χ3n) is 4.09. The van der Waals surface area contributed by atoms with E-state index in [2.05, 4.69) is 13.5 Å². The van der Waals surface area contributed by atoms with Crippen LogP contribution in [0.4, 0.5) is 0 Å². The van der Waals surface area contributed by atoms with Crippen LogP contribution in [-0.4, -0.2) is 22.6 Å². The first-order valence-corrected chi connectivity index (χ1v) is 10.8. The van der Waals surface area contributed by atoms with E-state index in [1.165, 1.54) is 57.8 Å². The SMILES string of the molecule is C=C(C)C(=O)OC(C)(C)C.CCCCCCCCCCCCC=C(C)C(=O)O. The number of hydrogen-bond donors (Lipinski definition) is 1. The van der Waals surface area contributed by atoms with Crippen molar-refractivity contribution in [1.82, 2.24) is 0 Å². The molecule has 0 atom stereocenters. The Morgan fingerprint density at radius 2 is 1.32 bits per heavy atom. The first-order chi connectivity index (χ1) is 13.0. The van der Waals surface area contributed by atoms with Gasteiger partial charge < -0.3 is 9.84 Å². The van der Waals surface area contributed by atoms with Crippen molar-refractivity contribution < 1.29 is 19.4 Å². The fourth-order valence-corrected chi connectivity index (χ4v) is 2.40. The summed E-state index contributed by atoms with van der Waals surface area (Å²) in [5, 5.41) is 8.68. The van der Waals surface area contributed by atoms with E-state index in [1.54, 1.807) is 13.8 Å². The van der Waals surface area contributed by atoms with E-state index in [9.17, 15) is 9.59 Å². The van der Waals surface area contributed by atoms with Gasteiger partial charge in [-0.3, -0.25) is 0 Å². The van der Waals surface area contributed by atoms with Gasteiger partial charge in [0.2, 0.25) is 0 Å². The number of carbonyl (C=O) groups is 2. The van der Waals surface area contributed by atoms with E-state index >= 15 is 0 Å². The molecule has 0 aliphatic rings. The van der Waals surface area contributed by atoms with Gasteiger partial charge in [-0.2, -0.15) is 0 Å². The van der Waals surface area contributed by atoms with Crippen molar-refractivity contribution in [3.8, 4) is 0 Å². The van der Waals surface area contributed by atoms with Crippen LogP contribution < -0.4 is 0 Å². The summed E-state index contributed by atoms with van der Waals surface area (Å²) in [5.41, 5.74) is 0.511. The number of rotatable bonds is 13. The highest BCUT2D eigenvalue weighted by atomic mass is 16.6. The molecule has 28 heavy (non-hydrogen) atoms. The first-order valence-electron chi connectivity index (χ1n) is 10.8. The van der Waals surface area contributed by atoms with Gasteiger partial charge in [0.05, 0.1) is 0 Å². The highest BCUT2D eigenvalue weighted by Crippen LogP contribution is 2.12. The Hall–Kier alpha value is -1.58. The molecule has 0 bridgehead atoms. The summed E-state index contributed by atoms with van der Waals surface area (Å²) < 4.78 is 4.96. The molecular weight excluding hydrogens is 352 g/mol. The Kier molecular flexibility index (Phi) is 17.9. The van der Waals surface area contributed by atoms with Crippen LogP contribution in [0, 0.1) is 0 Å². The van der Waals surface area contributed by atoms with Gasteiger partial charge in [0.15, 0.2) is 0 Å². The molecule has 0 aromatic carbocycles. The first kappa shape index (κ1) is 28.6. The van der Waals surface area contributed by atoms with Crippen LogP contribution in [0.25, 0.3) is 0 Å². The van der Waals surface area contributed by atoms with Crippen molar-refractivity contribution in [2.75, 3.05) is 0 Å². The minimum Gasteiger partial charge on any atom is -0.478 e. The summed E-state index contributed by atoms with van der Waals surface area (Å²) in [4.78, 5) is 21.4. The highest BCUT2D eigenvalue weighted by Gasteiger charge is 2.15. The summed E-state index contributed by atoms with van der Waals surface area (Å²) in [6, 6.07) is 0. The predicted molar refractivity (Wildman–Crippen MR) is 119 cm³/mol. The summed E-state index contributed by atoms with van der Waals surface area (Å²) in [7, 11) is 0. The van der Waals surface area contributed by atoms with Crippen molar-refractivity contribution in [2.24, 2.45) is 0 Å². The molecule has 4 nitrogen and oxygen atoms in total. The van der Waals surface area contributed by atoms with Crippen molar-refractivity contribution in [3.05, 3.63) is 23.8 Å². The Morgan fingerprint density at radius 3 is 1.64 bits per heavy atom. The average Bonchev–Trinajstić information content (AvgIpc) is 2.58. The van der Waals surface area contributed by atoms with Crippen LogP contribution >= 0.6 is 0 Å². The lowest BCUT2D eigenvalue weighted by Gasteiger charge is -2.19. The summed E-state index contributed by atoms with van der Waals surface area (Å²) in [6.45, 7) is 14.5. The van der Waals surface area contributed by atoms with Crippen LogP contribution in [0.3, 0.4) is 0 Å². The molecule has 0 aliphatic carbocycles. The zero-order valence-electron chi connectivity index (χ0n) is 19.2. The number of unbranched alkanes of at least 4 members (excludes halogenated alkanes) is 10. The van der Waals surface area contributed by atoms with Gasteiger partial charge in [-0.1, -0.05) is 77.4 Å². The van der Waals surface area contributed by atoms with Gasteiger partial charge in [0.1, 0.15) is 5.60 Å². The molecule has 0 unspecified atom stereocenters. The molecule has 0 rings (SSSR count). The van der Waals surface area contributed by atoms with Crippen LogP contribution in [0.1, 0.15) is 112 Å². The van der Waals surface area contributed by atoms with Gasteiger partial charge in [-0.15, -0.1) is 0 Å². The Labute approximate surface area is 173 Å². The van der Waals surface area contributed by atoms with Gasteiger partial charge in [-0.05, 0) is 47.5 Å². The topological polar surface area (TPSA) is 63.6 Å². The number of carboxylic acids is 1. The molecule has 0 saturated carbocycles. The fraction of sp³-hybridized carbons (Fsp3) is 0.750. The normalized spacial score (nSPS) is 11.4. The molecule has 0 aromatic heterocycles. The molecular formula is C24H44O4. The van der Waals surface area contributed by atoms with E-state index in [0.29, 0.717) is 11.1 Å². The monoisotopic (exact) mass is 396 g/mol. The molecule has 0 aromatic rings. The largest absolute Gasteiger partial charge is 0.478 e. The van der Waals surface area contributed by atoms with Crippen molar-refractivity contribution in [2.45, 2.75) is 118 Å². The molecule has 0 amide bonds. The minimum absolute atomic E-state index is 0.326. The molecule has 0 aliphatic heterocycles. The summed E-state index contributed by atoms with van der Waals surface area (Å²) in [5.74, 6) is -1.12. The number of ether oxygens (including phenoxy) is 1. The van der Waals surface area contributed by atoms with Crippen LogP contribution in [-0.2, 0) is 14.3 Å². The minimum atomic E-state index is -0.790. The Balaban J connectivity index is 0. The fourth-order valence-electron chi connectivity index (χ4n) is 2.40. The van der Waals surface area contributed by atoms with Gasteiger partial charge in [0.25, 0.3) is 0 Å². The maximum absolute atomic E-state index is 10.8. The third kappa shape index (κ3) is 22.5. The van der Waals surface area contributed by atoms with Crippen molar-refractivity contribution in [1.29, 1.82) is 0 Å². The number of aliphatic carboxylic acids is 1. The van der Waals surface area contributed by atoms with E-state index in [-0.39, 0.29) is 5.97 Å². The lowest BCUT2D eigenvalue weighted by atomic mass is 10.1. The van der Waals surface area contributed by atoms with E-state index in [0.717, 1.165) is 12.8 Å². The van der Waals surface area contributed by atoms with Crippen molar-refractivity contribution >= 4 is 11.9 Å². The summed E-state index contributed by atoms with van der Waals surface area (Å²) >= 11 is 0. The quantitative estimate of drug-likeness (QED) is 0.202. The Bertz CT molecular complexity index is 469. The zero-order valence-corrected chi connectivity index (χ0v) is 19.2. The molecule has 0 heterocycles. The smallest absolute Gasteiger partial charge is 0.333 e. The highest BCUT2D eigenvalue weighted by molar-refractivity contribution is 5.87. The van der Waals surface area contributed by atoms with Gasteiger partial charge in [-0.25, -0.2) is 9.59 Å². The molecule has 1 N–H and O–H groups in total. The molecule has 4 heteroatoms. The predicted octanol–water partition coefficient (Wildman–Crippen LogP) is 7.23. The standard InChI is InChI=1S/C16H30O2.C8H14O2/c1-3-4-5-6-7-8-9-10-11-12-13-14-15(2)16(17)18;1-6(2)7(9)10-8(3,4)5/h14H,3-13H2,1-2H3,(H,17,18);1H2,2-5H3. The average molecular weight is 397 g/mol. The second-order valence-corrected chi connectivity index (χ2v) is 8.45. The second kappa shape index (κ2) is 17.5. The maximum Gasteiger partial charge on any atom is 0.333 e. The van der Waals surface area contributed by atoms with E-state index in [4.69, 9.17) is 9.84 Å². The number of allylic oxidation sites excluding steroid dienone is 1. The van der Waals surface area contributed by atoms with E-state index in [1.807, 2.05) is 26.8 Å². The van der Waals surface area contributed by atoms with Gasteiger partial charge in [0, 0.05) is 11.1 Å². The molecule has 0 fully saturated rings. The van der Waals surface area contributed by atoms with Crippen LogP contribution in [0.2, 0.25) is 0 Å². The second-order valence-electron chi connectivity index (χ2n) is 8.45. The number of esters is 1. The number of carbonyl (C=O) groups excluding carboxylic acids is 1. The van der Waals surface area contributed by atoms with Crippen LogP contribution in [0.5, 0.6) is 0 Å². The molecule has 0 saturated heterocycles. The zero-order chi connectivity index (χ0) is 22.0. The maximum atomic E-state index is 10.8. The molecule has 0 radical (unpaired) electrons. The van der Waals surface area contributed by atoms with Crippen molar-refractivity contribution in [3.63, 3.8) is 0 Å². The van der Waals surface area contributed by atoms with Crippen LogP contribution in [0.15, 0.2) is 23.8 Å². The molecule has 0 spiro atoms. The lowest BCUT2D eigenvalue weighted by Crippen LogP contribution is -2.23. The summed E-state index contributed by atoms with van der Waals surface area (Å²) in [6.07, 6.45) is 16.0. The van der Waals surface area contributed by atoms with E-state index < -0.39 is 11.6 Å². The van der Waals surface area contributed by atoms with Gasteiger partial charge >= 0.3 is 11.9 Å².